The molecule has 4 aromatic rings. The Kier molecular flexibility index (Phi) is 5.61. The minimum Gasteiger partial charge on any atom is -0.497 e. The Morgan fingerprint density at radius 3 is 2.57 bits per heavy atom. The molecule has 2 heterocycles. The van der Waals surface area contributed by atoms with Gasteiger partial charge in [-0.2, -0.15) is 0 Å². The summed E-state index contributed by atoms with van der Waals surface area (Å²) in [4.78, 5) is 25.1. The first kappa shape index (κ1) is 19.4. The van der Waals surface area contributed by atoms with Crippen LogP contribution in [-0.2, 0) is 6.42 Å². The second-order valence-electron chi connectivity index (χ2n) is 6.86. The third kappa shape index (κ3) is 3.96. The lowest BCUT2D eigenvalue weighted by Gasteiger charge is -2.04. The van der Waals surface area contributed by atoms with Gasteiger partial charge in [-0.3, -0.25) is 14.9 Å². The highest BCUT2D eigenvalue weighted by Gasteiger charge is 2.19. The number of benzene rings is 2. The van der Waals surface area contributed by atoms with Crippen LogP contribution in [0.2, 0.25) is 0 Å². The van der Waals surface area contributed by atoms with Crippen LogP contribution in [0.1, 0.15) is 18.2 Å². The molecule has 0 aliphatic heterocycles. The molecule has 0 saturated heterocycles. The van der Waals surface area contributed by atoms with E-state index >= 15 is 0 Å². The summed E-state index contributed by atoms with van der Waals surface area (Å²) < 4.78 is 6.77. The van der Waals surface area contributed by atoms with Crippen molar-refractivity contribution in [3.63, 3.8) is 0 Å². The molecule has 4 rings (SSSR count). The van der Waals surface area contributed by atoms with Crippen molar-refractivity contribution < 1.29 is 4.74 Å². The molecule has 0 aliphatic rings. The highest BCUT2D eigenvalue weighted by Crippen LogP contribution is 2.22. The van der Waals surface area contributed by atoms with Gasteiger partial charge in [0.25, 0.3) is 5.56 Å². The minimum absolute atomic E-state index is 0.137. The number of hydrogen-bond acceptors (Lipinski definition) is 4. The van der Waals surface area contributed by atoms with Gasteiger partial charge in [0.05, 0.1) is 30.4 Å². The highest BCUT2D eigenvalue weighted by atomic mass is 16.5. The molecule has 0 fully saturated rings. The fraction of sp³-hybridized carbons (Fsp3) is 0.174. The van der Waals surface area contributed by atoms with Gasteiger partial charge in [-0.25, -0.2) is 9.67 Å². The summed E-state index contributed by atoms with van der Waals surface area (Å²) in [5.41, 5.74) is 4.55. The predicted molar refractivity (Wildman–Crippen MR) is 118 cm³/mol. The molecule has 152 valence electrons. The van der Waals surface area contributed by atoms with Gasteiger partial charge in [0.1, 0.15) is 5.75 Å². The second kappa shape index (κ2) is 8.65. The molecule has 0 radical (unpaired) electrons. The second-order valence-corrected chi connectivity index (χ2v) is 6.86. The number of ether oxygens (including phenoxy) is 1. The maximum atomic E-state index is 13.4. The van der Waals surface area contributed by atoms with Crippen molar-refractivity contribution in [1.29, 1.82) is 0 Å². The molecule has 0 unspecified atom stereocenters. The van der Waals surface area contributed by atoms with E-state index in [1.165, 1.54) is 0 Å². The molecule has 0 spiro atoms. The number of aromatic amines is 2. The maximum Gasteiger partial charge on any atom is 0.280 e. The van der Waals surface area contributed by atoms with Gasteiger partial charge in [-0.05, 0) is 31.2 Å². The Labute approximate surface area is 174 Å². The monoisotopic (exact) mass is 401 g/mol. The number of methoxy groups -OCH3 is 1. The minimum atomic E-state index is -0.137. The first-order valence-electron chi connectivity index (χ1n) is 9.71. The summed E-state index contributed by atoms with van der Waals surface area (Å²) in [7, 11) is 1.62. The molecule has 7 nitrogen and oxygen atoms in total. The summed E-state index contributed by atoms with van der Waals surface area (Å²) in [6, 6.07) is 17.2. The Hall–Kier alpha value is -3.87. The third-order valence-corrected chi connectivity index (χ3v) is 4.93. The quantitative estimate of drug-likeness (QED) is 0.464. The SMILES string of the molecule is COc1ccc(-n2[nH]c(-c3ccccc3)c(C(C)=NCCc3cnc[nH]3)c2=O)cc1. The van der Waals surface area contributed by atoms with Crippen LogP contribution in [0.15, 0.2) is 76.9 Å². The largest absolute Gasteiger partial charge is 0.497 e. The molecule has 2 N–H and O–H groups in total. The lowest BCUT2D eigenvalue weighted by Crippen LogP contribution is -2.19. The molecule has 0 amide bonds. The van der Waals surface area contributed by atoms with Crippen LogP contribution < -0.4 is 10.3 Å². The van der Waals surface area contributed by atoms with Crippen molar-refractivity contribution in [3.8, 4) is 22.7 Å². The van der Waals surface area contributed by atoms with Crippen LogP contribution in [0.5, 0.6) is 5.75 Å². The Bertz CT molecular complexity index is 1190. The number of H-pyrrole nitrogens is 2. The molecule has 0 saturated carbocycles. The zero-order chi connectivity index (χ0) is 20.9. The number of hydrogen-bond donors (Lipinski definition) is 2. The molecule has 7 heteroatoms. The van der Waals surface area contributed by atoms with Crippen molar-refractivity contribution in [2.24, 2.45) is 4.99 Å². The number of aliphatic imine (C=N–C) groups is 1. The van der Waals surface area contributed by atoms with E-state index in [9.17, 15) is 4.79 Å². The fourth-order valence-corrected chi connectivity index (χ4v) is 3.34. The molecular weight excluding hydrogens is 378 g/mol. The molecule has 30 heavy (non-hydrogen) atoms. The smallest absolute Gasteiger partial charge is 0.280 e. The van der Waals surface area contributed by atoms with Crippen LogP contribution in [0, 0.1) is 0 Å². The Morgan fingerprint density at radius 1 is 1.13 bits per heavy atom. The number of imidazole rings is 1. The van der Waals surface area contributed by atoms with Crippen LogP contribution in [-0.4, -0.2) is 39.1 Å². The van der Waals surface area contributed by atoms with E-state index in [0.29, 0.717) is 17.8 Å². The zero-order valence-corrected chi connectivity index (χ0v) is 16.9. The predicted octanol–water partition coefficient (Wildman–Crippen LogP) is 3.62. The summed E-state index contributed by atoms with van der Waals surface area (Å²) in [6.45, 7) is 2.44. The molecule has 2 aromatic heterocycles. The van der Waals surface area contributed by atoms with Crippen LogP contribution >= 0.6 is 0 Å². The average molecular weight is 401 g/mol. The van der Waals surface area contributed by atoms with Crippen molar-refractivity contribution in [3.05, 3.63) is 88.7 Å². The molecule has 0 bridgehead atoms. The van der Waals surface area contributed by atoms with Gasteiger partial charge in [0.15, 0.2) is 0 Å². The molecule has 0 atom stereocenters. The van der Waals surface area contributed by atoms with Gasteiger partial charge >= 0.3 is 0 Å². The summed E-state index contributed by atoms with van der Waals surface area (Å²) in [5.74, 6) is 0.735. The summed E-state index contributed by atoms with van der Waals surface area (Å²) >= 11 is 0. The lowest BCUT2D eigenvalue weighted by atomic mass is 10.1. The first-order chi connectivity index (χ1) is 14.7. The van der Waals surface area contributed by atoms with Gasteiger partial charge < -0.3 is 9.72 Å². The first-order valence-corrected chi connectivity index (χ1v) is 9.71. The van der Waals surface area contributed by atoms with E-state index in [-0.39, 0.29) is 5.56 Å². The third-order valence-electron chi connectivity index (χ3n) is 4.93. The molecule has 0 aliphatic carbocycles. The number of nitrogens with one attached hydrogen (secondary N) is 2. The Morgan fingerprint density at radius 2 is 1.90 bits per heavy atom. The summed E-state index contributed by atoms with van der Waals surface area (Å²) in [6.07, 6.45) is 4.17. The number of aromatic nitrogens is 4. The Balaban J connectivity index is 1.75. The standard InChI is InChI=1S/C23H23N5O2/c1-16(25-13-12-18-14-24-15-26-18)21-22(17-6-4-3-5-7-17)27-28(23(21)29)19-8-10-20(30-2)11-9-19/h3-11,14-15,27H,12-13H2,1-2H3,(H,24,26). The average Bonchev–Trinajstić information content (AvgIpc) is 3.42. The topological polar surface area (TPSA) is 88.1 Å². The number of rotatable bonds is 7. The summed E-state index contributed by atoms with van der Waals surface area (Å²) in [5, 5.41) is 3.27. The van der Waals surface area contributed by atoms with Crippen molar-refractivity contribution >= 4 is 5.71 Å². The van der Waals surface area contributed by atoms with E-state index in [2.05, 4.69) is 20.1 Å². The number of nitrogens with zero attached hydrogens (tertiary/aromatic N) is 3. The zero-order valence-electron chi connectivity index (χ0n) is 16.9. The maximum absolute atomic E-state index is 13.4. The van der Waals surface area contributed by atoms with Crippen LogP contribution in [0.25, 0.3) is 16.9 Å². The van der Waals surface area contributed by atoms with Gasteiger partial charge in [0, 0.05) is 36.1 Å². The van der Waals surface area contributed by atoms with E-state index in [1.807, 2.05) is 61.5 Å². The van der Waals surface area contributed by atoms with E-state index in [4.69, 9.17) is 4.74 Å². The van der Waals surface area contributed by atoms with Gasteiger partial charge in [0.2, 0.25) is 0 Å². The molecular formula is C23H23N5O2. The van der Waals surface area contributed by atoms with Gasteiger partial charge in [-0.15, -0.1) is 0 Å². The van der Waals surface area contributed by atoms with E-state index in [1.54, 1.807) is 24.3 Å². The van der Waals surface area contributed by atoms with Crippen molar-refractivity contribution in [2.75, 3.05) is 13.7 Å². The van der Waals surface area contributed by atoms with E-state index in [0.717, 1.165) is 34.8 Å². The van der Waals surface area contributed by atoms with Crippen molar-refractivity contribution in [1.82, 2.24) is 19.7 Å². The van der Waals surface area contributed by atoms with Gasteiger partial charge in [-0.1, -0.05) is 30.3 Å². The van der Waals surface area contributed by atoms with Crippen molar-refractivity contribution in [2.45, 2.75) is 13.3 Å². The van der Waals surface area contributed by atoms with Crippen LogP contribution in [0.4, 0.5) is 0 Å². The highest BCUT2D eigenvalue weighted by molar-refractivity contribution is 6.03. The van der Waals surface area contributed by atoms with E-state index < -0.39 is 0 Å². The lowest BCUT2D eigenvalue weighted by molar-refractivity contribution is 0.414. The normalized spacial score (nSPS) is 11.6. The van der Waals surface area contributed by atoms with Crippen LogP contribution in [0.3, 0.4) is 0 Å². The molecule has 2 aromatic carbocycles. The fourth-order valence-electron chi connectivity index (χ4n) is 3.34.